The Labute approximate surface area is 189 Å². The number of methoxy groups -OCH3 is 1. The highest BCUT2D eigenvalue weighted by Gasteiger charge is 2.46. The topological polar surface area (TPSA) is 76.1 Å². The van der Waals surface area contributed by atoms with Crippen LogP contribution in [0.1, 0.15) is 48.6 Å². The third-order valence-electron chi connectivity index (χ3n) is 5.71. The molecule has 32 heavy (non-hydrogen) atoms. The fraction of sp³-hybridized carbons (Fsp3) is 0.385. The normalized spacial score (nSPS) is 17.9. The van der Waals surface area contributed by atoms with Crippen LogP contribution < -0.4 is 4.74 Å². The lowest BCUT2D eigenvalue weighted by Crippen LogP contribution is -2.31. The van der Waals surface area contributed by atoms with E-state index in [0.717, 1.165) is 16.7 Å². The van der Waals surface area contributed by atoms with Crippen molar-refractivity contribution in [1.82, 2.24) is 4.90 Å². The molecule has 1 aliphatic heterocycles. The van der Waals surface area contributed by atoms with Crippen molar-refractivity contribution in [2.24, 2.45) is 0 Å². The minimum atomic E-state index is -0.671. The Morgan fingerprint density at radius 3 is 2.44 bits per heavy atom. The fourth-order valence-electron chi connectivity index (χ4n) is 4.06. The Balaban J connectivity index is 2.08. The van der Waals surface area contributed by atoms with Crippen LogP contribution in [0.15, 0.2) is 48.0 Å². The number of aliphatic hydroxyl groups excluding tert-OH is 1. The molecule has 2 aromatic rings. The van der Waals surface area contributed by atoms with Gasteiger partial charge in [0.15, 0.2) is 0 Å². The number of amides is 1. The number of rotatable bonds is 8. The molecule has 0 saturated carbocycles. The lowest BCUT2D eigenvalue weighted by molar-refractivity contribution is -0.140. The largest absolute Gasteiger partial charge is 0.507 e. The number of ketones is 1. The number of Topliss-reactive ketones (excluding diaryl/α,β-unsaturated/α-hetero) is 1. The van der Waals surface area contributed by atoms with Gasteiger partial charge in [-0.05, 0) is 69.0 Å². The summed E-state index contributed by atoms with van der Waals surface area (Å²) < 4.78 is 10.9. The van der Waals surface area contributed by atoms with Gasteiger partial charge in [-0.25, -0.2) is 0 Å². The molecular weight excluding hydrogens is 406 g/mol. The van der Waals surface area contributed by atoms with Gasteiger partial charge >= 0.3 is 0 Å². The molecular formula is C26H31NO5. The number of likely N-dealkylation sites (tertiary alicyclic amines) is 1. The molecule has 1 amide bonds. The first kappa shape index (κ1) is 23.5. The molecule has 1 saturated heterocycles. The summed E-state index contributed by atoms with van der Waals surface area (Å²) in [6.07, 6.45) is 0.686. The Morgan fingerprint density at radius 1 is 1.09 bits per heavy atom. The average Bonchev–Trinajstić information content (AvgIpc) is 3.01. The summed E-state index contributed by atoms with van der Waals surface area (Å²) in [4.78, 5) is 27.7. The van der Waals surface area contributed by atoms with Crippen LogP contribution >= 0.6 is 0 Å². The van der Waals surface area contributed by atoms with Gasteiger partial charge in [0, 0.05) is 18.7 Å². The molecule has 6 heteroatoms. The van der Waals surface area contributed by atoms with Gasteiger partial charge in [0.2, 0.25) is 0 Å². The van der Waals surface area contributed by atoms with E-state index in [1.54, 1.807) is 30.2 Å². The van der Waals surface area contributed by atoms with E-state index in [2.05, 4.69) is 0 Å². The van der Waals surface area contributed by atoms with Gasteiger partial charge in [0.05, 0.1) is 24.8 Å². The Hall–Kier alpha value is -3.12. The summed E-state index contributed by atoms with van der Waals surface area (Å²) in [5.74, 6) is -0.788. The molecule has 0 spiro atoms. The van der Waals surface area contributed by atoms with E-state index in [4.69, 9.17) is 9.47 Å². The summed E-state index contributed by atoms with van der Waals surface area (Å²) in [6, 6.07) is 12.2. The Morgan fingerprint density at radius 2 is 1.81 bits per heavy atom. The minimum absolute atomic E-state index is 0.0932. The van der Waals surface area contributed by atoms with Crippen molar-refractivity contribution in [1.29, 1.82) is 0 Å². The van der Waals surface area contributed by atoms with E-state index in [-0.39, 0.29) is 17.4 Å². The summed E-state index contributed by atoms with van der Waals surface area (Å²) in [5.41, 5.74) is 3.14. The maximum absolute atomic E-state index is 13.1. The summed E-state index contributed by atoms with van der Waals surface area (Å²) >= 11 is 0. The molecule has 6 nitrogen and oxygen atoms in total. The predicted octanol–water partition coefficient (Wildman–Crippen LogP) is 4.55. The van der Waals surface area contributed by atoms with Crippen molar-refractivity contribution in [2.45, 2.75) is 46.3 Å². The first-order valence-electron chi connectivity index (χ1n) is 10.9. The van der Waals surface area contributed by atoms with Crippen LogP contribution in [0.4, 0.5) is 0 Å². The maximum atomic E-state index is 13.1. The molecule has 3 rings (SSSR count). The zero-order valence-electron chi connectivity index (χ0n) is 19.3. The number of aliphatic hydroxyl groups is 1. The van der Waals surface area contributed by atoms with Crippen molar-refractivity contribution >= 4 is 17.4 Å². The van der Waals surface area contributed by atoms with Crippen molar-refractivity contribution in [3.63, 3.8) is 0 Å². The van der Waals surface area contributed by atoms with Gasteiger partial charge in [-0.2, -0.15) is 0 Å². The van der Waals surface area contributed by atoms with Crippen LogP contribution in [-0.4, -0.2) is 48.1 Å². The van der Waals surface area contributed by atoms with Crippen LogP contribution in [0.25, 0.3) is 5.76 Å². The molecule has 1 N–H and O–H groups in total. The molecule has 170 valence electrons. The highest BCUT2D eigenvalue weighted by atomic mass is 16.5. The second-order valence-electron chi connectivity index (χ2n) is 8.30. The van der Waals surface area contributed by atoms with Gasteiger partial charge in [0.25, 0.3) is 11.7 Å². The smallest absolute Gasteiger partial charge is 0.295 e. The molecule has 0 aromatic heterocycles. The van der Waals surface area contributed by atoms with Crippen LogP contribution in [0, 0.1) is 13.8 Å². The van der Waals surface area contributed by atoms with E-state index >= 15 is 0 Å². The van der Waals surface area contributed by atoms with Gasteiger partial charge in [0.1, 0.15) is 11.5 Å². The molecule has 1 heterocycles. The Bertz CT molecular complexity index is 1040. The van der Waals surface area contributed by atoms with Crippen LogP contribution in [-0.2, 0) is 14.3 Å². The standard InChI is InChI=1S/C26H31NO5/c1-16(2)32-14-8-13-27-23(20-10-7-6-9-17(20)3)22(25(29)26(27)30)24(28)21-12-11-19(31-5)15-18(21)4/h6-7,9-12,15-16,23,28H,8,13-14H2,1-5H3/b24-22+. The van der Waals surface area contributed by atoms with Crippen molar-refractivity contribution in [3.8, 4) is 5.75 Å². The summed E-state index contributed by atoms with van der Waals surface area (Å²) in [5, 5.41) is 11.3. The van der Waals surface area contributed by atoms with E-state index in [1.807, 2.05) is 52.0 Å². The molecule has 0 aliphatic carbocycles. The van der Waals surface area contributed by atoms with Gasteiger partial charge < -0.3 is 19.5 Å². The van der Waals surface area contributed by atoms with E-state index in [9.17, 15) is 14.7 Å². The lowest BCUT2D eigenvalue weighted by atomic mass is 9.91. The number of carbonyl (C=O) groups is 2. The minimum Gasteiger partial charge on any atom is -0.507 e. The third-order valence-corrected chi connectivity index (χ3v) is 5.71. The fourth-order valence-corrected chi connectivity index (χ4v) is 4.06. The molecule has 1 atom stereocenters. The van der Waals surface area contributed by atoms with Crippen LogP contribution in [0.5, 0.6) is 5.75 Å². The van der Waals surface area contributed by atoms with Gasteiger partial charge in [-0.3, -0.25) is 9.59 Å². The van der Waals surface area contributed by atoms with Crippen LogP contribution in [0.2, 0.25) is 0 Å². The van der Waals surface area contributed by atoms with E-state index < -0.39 is 17.7 Å². The zero-order chi connectivity index (χ0) is 23.4. The number of aryl methyl sites for hydroxylation is 2. The number of hydrogen-bond donors (Lipinski definition) is 1. The number of hydrogen-bond acceptors (Lipinski definition) is 5. The summed E-state index contributed by atoms with van der Waals surface area (Å²) in [7, 11) is 1.57. The molecule has 1 unspecified atom stereocenters. The third kappa shape index (κ3) is 4.70. The van der Waals surface area contributed by atoms with Crippen molar-refractivity contribution in [2.75, 3.05) is 20.3 Å². The molecule has 1 aliphatic rings. The number of carbonyl (C=O) groups excluding carboxylic acids is 2. The number of nitrogens with zero attached hydrogens (tertiary/aromatic N) is 1. The first-order chi connectivity index (χ1) is 15.3. The van der Waals surface area contributed by atoms with Crippen molar-refractivity contribution < 1.29 is 24.2 Å². The second kappa shape index (κ2) is 10.0. The highest BCUT2D eigenvalue weighted by Crippen LogP contribution is 2.41. The van der Waals surface area contributed by atoms with Gasteiger partial charge in [-0.1, -0.05) is 24.3 Å². The molecule has 0 bridgehead atoms. The molecule has 2 aromatic carbocycles. The van der Waals surface area contributed by atoms with Gasteiger partial charge in [-0.15, -0.1) is 0 Å². The molecule has 0 radical (unpaired) electrons. The first-order valence-corrected chi connectivity index (χ1v) is 10.9. The maximum Gasteiger partial charge on any atom is 0.295 e. The predicted molar refractivity (Wildman–Crippen MR) is 124 cm³/mol. The lowest BCUT2D eigenvalue weighted by Gasteiger charge is -2.26. The van der Waals surface area contributed by atoms with E-state index in [0.29, 0.717) is 30.9 Å². The second-order valence-corrected chi connectivity index (χ2v) is 8.30. The van der Waals surface area contributed by atoms with E-state index in [1.165, 1.54) is 0 Å². The summed E-state index contributed by atoms with van der Waals surface area (Å²) in [6.45, 7) is 8.52. The highest BCUT2D eigenvalue weighted by molar-refractivity contribution is 6.46. The molecule has 1 fully saturated rings. The van der Waals surface area contributed by atoms with Crippen LogP contribution in [0.3, 0.4) is 0 Å². The number of benzene rings is 2. The number of ether oxygens (including phenoxy) is 2. The van der Waals surface area contributed by atoms with Crippen molar-refractivity contribution in [3.05, 3.63) is 70.3 Å². The average molecular weight is 438 g/mol. The SMILES string of the molecule is COc1ccc(/C(O)=C2\C(=O)C(=O)N(CCCOC(C)C)C2c2ccccc2C)c(C)c1. The monoisotopic (exact) mass is 437 g/mol. The quantitative estimate of drug-likeness (QED) is 0.284. The Kier molecular flexibility index (Phi) is 7.36. The zero-order valence-corrected chi connectivity index (χ0v) is 19.3.